The number of nitrogens with one attached hydrogen (secondary N) is 1. The second-order valence-corrected chi connectivity index (χ2v) is 5.05. The molecule has 2 rings (SSSR count). The van der Waals surface area contributed by atoms with E-state index in [0.29, 0.717) is 11.6 Å². The van der Waals surface area contributed by atoms with Crippen molar-refractivity contribution >= 4 is 17.3 Å². The van der Waals surface area contributed by atoms with Crippen molar-refractivity contribution in [1.29, 1.82) is 0 Å². The molecule has 2 aromatic rings. The van der Waals surface area contributed by atoms with Gasteiger partial charge < -0.3 is 10.3 Å². The van der Waals surface area contributed by atoms with Gasteiger partial charge in [0, 0.05) is 17.8 Å². The van der Waals surface area contributed by atoms with E-state index in [2.05, 4.69) is 39.4 Å². The predicted octanol–water partition coefficient (Wildman–Crippen LogP) is 3.32. The quantitative estimate of drug-likeness (QED) is 0.629. The third-order valence-corrected chi connectivity index (χ3v) is 3.43. The monoisotopic (exact) mass is 285 g/mol. The summed E-state index contributed by atoms with van der Waals surface area (Å²) >= 11 is 0. The lowest BCUT2D eigenvalue weighted by Gasteiger charge is -2.26. The van der Waals surface area contributed by atoms with Crippen molar-refractivity contribution in [2.75, 3.05) is 16.9 Å². The van der Waals surface area contributed by atoms with Crippen LogP contribution in [0, 0.1) is 13.8 Å². The predicted molar refractivity (Wildman–Crippen MR) is 87.7 cm³/mol. The fourth-order valence-corrected chi connectivity index (χ4v) is 2.30. The molecule has 5 nitrogen and oxygen atoms in total. The molecule has 3 N–H and O–H groups in total. The molecule has 0 saturated carbocycles. The summed E-state index contributed by atoms with van der Waals surface area (Å²) in [6, 6.07) is 10.3. The van der Waals surface area contributed by atoms with Gasteiger partial charge >= 0.3 is 0 Å². The minimum Gasteiger partial charge on any atom is -0.326 e. The molecule has 0 saturated heterocycles. The number of hydrazine groups is 1. The molecule has 0 aliphatic heterocycles. The summed E-state index contributed by atoms with van der Waals surface area (Å²) in [5, 5.41) is 0. The normalized spacial score (nSPS) is 10.5. The van der Waals surface area contributed by atoms with Crippen molar-refractivity contribution in [1.82, 2.24) is 9.97 Å². The summed E-state index contributed by atoms with van der Waals surface area (Å²) < 4.78 is 0. The summed E-state index contributed by atoms with van der Waals surface area (Å²) in [4.78, 5) is 11.2. The lowest BCUT2D eigenvalue weighted by Crippen LogP contribution is -2.23. The smallest absolute Gasteiger partial charge is 0.148 e. The highest BCUT2D eigenvalue weighted by Crippen LogP contribution is 2.29. The largest absolute Gasteiger partial charge is 0.326 e. The summed E-state index contributed by atoms with van der Waals surface area (Å²) in [7, 11) is 0. The van der Waals surface area contributed by atoms with Crippen LogP contribution in [-0.2, 0) is 0 Å². The molecule has 0 fully saturated rings. The topological polar surface area (TPSA) is 67.1 Å². The van der Waals surface area contributed by atoms with Crippen molar-refractivity contribution in [3.8, 4) is 0 Å². The van der Waals surface area contributed by atoms with Crippen LogP contribution in [0.1, 0.15) is 31.2 Å². The van der Waals surface area contributed by atoms with Crippen LogP contribution in [0.4, 0.5) is 17.3 Å². The van der Waals surface area contributed by atoms with E-state index in [4.69, 9.17) is 5.84 Å². The average Bonchev–Trinajstić information content (AvgIpc) is 2.51. The molecular weight excluding hydrogens is 262 g/mol. The van der Waals surface area contributed by atoms with Gasteiger partial charge in [-0.3, -0.25) is 0 Å². The number of aromatic nitrogens is 2. The second kappa shape index (κ2) is 7.04. The molecule has 0 spiro atoms. The van der Waals surface area contributed by atoms with Gasteiger partial charge in [0.15, 0.2) is 0 Å². The molecule has 0 unspecified atom stereocenters. The first-order valence-electron chi connectivity index (χ1n) is 7.31. The van der Waals surface area contributed by atoms with Gasteiger partial charge in [-0.2, -0.15) is 0 Å². The van der Waals surface area contributed by atoms with E-state index in [-0.39, 0.29) is 0 Å². The second-order valence-electron chi connectivity index (χ2n) is 5.05. The number of hydrogen-bond donors (Lipinski definition) is 2. The number of nitrogens with two attached hydrogens (primary N) is 1. The third-order valence-electron chi connectivity index (χ3n) is 3.43. The first kappa shape index (κ1) is 15.3. The number of aryl methyl sites for hydroxylation is 1. The fraction of sp³-hybridized carbons (Fsp3) is 0.375. The number of rotatable bonds is 6. The summed E-state index contributed by atoms with van der Waals surface area (Å²) in [5.74, 6) is 7.87. The van der Waals surface area contributed by atoms with Crippen LogP contribution >= 0.6 is 0 Å². The number of unbranched alkanes of at least 4 members (excludes halogenated alkanes) is 1. The SMILES string of the molecule is CCCCN(c1ccccc1)c1nc(C)nc(NN)c1C. The summed E-state index contributed by atoms with van der Waals surface area (Å²) in [5.41, 5.74) is 4.76. The van der Waals surface area contributed by atoms with Crippen LogP contribution in [0.3, 0.4) is 0 Å². The van der Waals surface area contributed by atoms with Crippen molar-refractivity contribution in [2.24, 2.45) is 5.84 Å². The molecule has 0 atom stereocenters. The van der Waals surface area contributed by atoms with Gasteiger partial charge in [-0.15, -0.1) is 0 Å². The van der Waals surface area contributed by atoms with E-state index in [1.165, 1.54) is 0 Å². The Labute approximate surface area is 126 Å². The van der Waals surface area contributed by atoms with Gasteiger partial charge in [0.25, 0.3) is 0 Å². The van der Waals surface area contributed by atoms with Gasteiger partial charge in [0.2, 0.25) is 0 Å². The number of hydrogen-bond acceptors (Lipinski definition) is 5. The molecule has 1 aromatic heterocycles. The van der Waals surface area contributed by atoms with Crippen LogP contribution in [0.5, 0.6) is 0 Å². The molecule has 0 aliphatic carbocycles. The lowest BCUT2D eigenvalue weighted by atomic mass is 10.2. The lowest BCUT2D eigenvalue weighted by molar-refractivity contribution is 0.774. The highest BCUT2D eigenvalue weighted by Gasteiger charge is 2.16. The molecule has 0 amide bonds. The van der Waals surface area contributed by atoms with Gasteiger partial charge in [0.05, 0.1) is 0 Å². The van der Waals surface area contributed by atoms with E-state index < -0.39 is 0 Å². The minimum absolute atomic E-state index is 0.676. The van der Waals surface area contributed by atoms with Crippen LogP contribution < -0.4 is 16.2 Å². The van der Waals surface area contributed by atoms with E-state index in [1.54, 1.807) is 0 Å². The van der Waals surface area contributed by atoms with Crippen molar-refractivity contribution in [3.05, 3.63) is 41.7 Å². The maximum absolute atomic E-state index is 5.57. The van der Waals surface area contributed by atoms with Gasteiger partial charge in [0.1, 0.15) is 17.5 Å². The average molecular weight is 285 g/mol. The van der Waals surface area contributed by atoms with Crippen LogP contribution in [0.15, 0.2) is 30.3 Å². The highest BCUT2D eigenvalue weighted by atomic mass is 15.3. The Morgan fingerprint density at radius 3 is 2.48 bits per heavy atom. The Balaban J connectivity index is 2.48. The number of anilines is 3. The Kier molecular flexibility index (Phi) is 5.11. The van der Waals surface area contributed by atoms with Gasteiger partial charge in [-0.05, 0) is 32.4 Å². The maximum atomic E-state index is 5.57. The molecule has 0 aliphatic rings. The molecule has 5 heteroatoms. The Bertz CT molecular complexity index is 583. The Hall–Kier alpha value is -2.14. The maximum Gasteiger partial charge on any atom is 0.148 e. The molecule has 112 valence electrons. The molecule has 21 heavy (non-hydrogen) atoms. The molecule has 0 radical (unpaired) electrons. The molecule has 1 aromatic carbocycles. The standard InChI is InChI=1S/C16H23N5/c1-4-5-11-21(14-9-7-6-8-10-14)16-12(2)15(20-17)18-13(3)19-16/h6-10H,4-5,11,17H2,1-3H3,(H,18,19,20). The zero-order chi connectivity index (χ0) is 15.2. The fourth-order valence-electron chi connectivity index (χ4n) is 2.30. The van der Waals surface area contributed by atoms with E-state index in [1.807, 2.05) is 32.0 Å². The number of nitrogen functional groups attached to an aromatic ring is 1. The van der Waals surface area contributed by atoms with Crippen molar-refractivity contribution in [3.63, 3.8) is 0 Å². The van der Waals surface area contributed by atoms with Gasteiger partial charge in [-0.25, -0.2) is 15.8 Å². The van der Waals surface area contributed by atoms with Crippen LogP contribution in [0.2, 0.25) is 0 Å². The molecular formula is C16H23N5. The third kappa shape index (κ3) is 3.49. The summed E-state index contributed by atoms with van der Waals surface area (Å²) in [6.07, 6.45) is 2.23. The van der Waals surface area contributed by atoms with E-state index in [0.717, 1.165) is 36.5 Å². The van der Waals surface area contributed by atoms with Crippen molar-refractivity contribution in [2.45, 2.75) is 33.6 Å². The number of para-hydroxylation sites is 1. The van der Waals surface area contributed by atoms with Crippen LogP contribution in [-0.4, -0.2) is 16.5 Å². The van der Waals surface area contributed by atoms with E-state index in [9.17, 15) is 0 Å². The first-order chi connectivity index (χ1) is 10.2. The number of benzene rings is 1. The molecule has 0 bridgehead atoms. The first-order valence-corrected chi connectivity index (χ1v) is 7.31. The Morgan fingerprint density at radius 1 is 1.14 bits per heavy atom. The van der Waals surface area contributed by atoms with Crippen LogP contribution in [0.25, 0.3) is 0 Å². The van der Waals surface area contributed by atoms with Crippen molar-refractivity contribution < 1.29 is 0 Å². The molecule has 1 heterocycles. The van der Waals surface area contributed by atoms with Gasteiger partial charge in [-0.1, -0.05) is 31.5 Å². The number of nitrogens with zero attached hydrogens (tertiary/aromatic N) is 3. The Morgan fingerprint density at radius 2 is 1.86 bits per heavy atom. The highest BCUT2D eigenvalue weighted by molar-refractivity contribution is 5.67. The zero-order valence-electron chi connectivity index (χ0n) is 12.9. The minimum atomic E-state index is 0.676. The summed E-state index contributed by atoms with van der Waals surface area (Å²) in [6.45, 7) is 6.98. The zero-order valence-corrected chi connectivity index (χ0v) is 12.9. The van der Waals surface area contributed by atoms with E-state index >= 15 is 0 Å².